The summed E-state index contributed by atoms with van der Waals surface area (Å²) < 4.78 is 11.4. The number of hydrogen-bond donors (Lipinski definition) is 2. The third-order valence-corrected chi connectivity index (χ3v) is 4.48. The Labute approximate surface area is 158 Å². The van der Waals surface area contributed by atoms with Crippen molar-refractivity contribution in [3.63, 3.8) is 0 Å². The first kappa shape index (κ1) is 18.9. The highest BCUT2D eigenvalue weighted by atomic mass is 16.5. The Morgan fingerprint density at radius 3 is 2.59 bits per heavy atom. The van der Waals surface area contributed by atoms with E-state index in [-0.39, 0.29) is 17.9 Å². The number of amides is 2. The van der Waals surface area contributed by atoms with E-state index in [1.807, 2.05) is 24.3 Å². The fraction of sp³-hybridized carbons (Fsp3) is 0.333. The van der Waals surface area contributed by atoms with Crippen molar-refractivity contribution in [3.8, 4) is 5.75 Å². The van der Waals surface area contributed by atoms with Gasteiger partial charge in [-0.25, -0.2) is 0 Å². The summed E-state index contributed by atoms with van der Waals surface area (Å²) in [5.41, 5.74) is 1.99. The summed E-state index contributed by atoms with van der Waals surface area (Å²) in [6.45, 7) is 1.59. The molecule has 1 unspecified atom stereocenters. The fourth-order valence-corrected chi connectivity index (χ4v) is 2.93. The van der Waals surface area contributed by atoms with Gasteiger partial charge in [-0.15, -0.1) is 0 Å². The molecule has 2 aromatic carbocycles. The number of carbonyl (C=O) groups excluding carboxylic acids is 2. The molecular formula is C21H24N2O4. The Morgan fingerprint density at radius 2 is 1.89 bits per heavy atom. The number of carbonyl (C=O) groups is 2. The number of rotatable bonds is 7. The van der Waals surface area contributed by atoms with Crippen LogP contribution in [0.2, 0.25) is 0 Å². The molecule has 6 heteroatoms. The van der Waals surface area contributed by atoms with Crippen molar-refractivity contribution in [1.82, 2.24) is 10.6 Å². The van der Waals surface area contributed by atoms with Crippen LogP contribution in [0.1, 0.15) is 39.1 Å². The summed E-state index contributed by atoms with van der Waals surface area (Å²) in [5, 5.41) is 5.47. The van der Waals surface area contributed by atoms with Gasteiger partial charge in [0.25, 0.3) is 11.8 Å². The molecule has 142 valence electrons. The van der Waals surface area contributed by atoms with Crippen LogP contribution in [-0.4, -0.2) is 38.2 Å². The minimum Gasteiger partial charge on any atom is -0.490 e. The van der Waals surface area contributed by atoms with E-state index < -0.39 is 0 Å². The lowest BCUT2D eigenvalue weighted by molar-refractivity contribution is 0.0670. The van der Waals surface area contributed by atoms with Crippen LogP contribution in [0.15, 0.2) is 48.5 Å². The first-order valence-electron chi connectivity index (χ1n) is 9.10. The Bertz CT molecular complexity index is 783. The molecule has 2 N–H and O–H groups in total. The van der Waals surface area contributed by atoms with Crippen LogP contribution in [0, 0.1) is 0 Å². The summed E-state index contributed by atoms with van der Waals surface area (Å²) in [6, 6.07) is 14.3. The van der Waals surface area contributed by atoms with Crippen molar-refractivity contribution in [3.05, 3.63) is 65.2 Å². The summed E-state index contributed by atoms with van der Waals surface area (Å²) in [6.07, 6.45) is 2.13. The van der Waals surface area contributed by atoms with E-state index in [0.717, 1.165) is 25.0 Å². The second kappa shape index (κ2) is 9.19. The van der Waals surface area contributed by atoms with Crippen LogP contribution in [0.25, 0.3) is 0 Å². The molecule has 6 nitrogen and oxygen atoms in total. The van der Waals surface area contributed by atoms with Crippen LogP contribution in [0.3, 0.4) is 0 Å². The van der Waals surface area contributed by atoms with Crippen molar-refractivity contribution >= 4 is 11.8 Å². The van der Waals surface area contributed by atoms with E-state index in [9.17, 15) is 9.59 Å². The Kier molecular flexibility index (Phi) is 6.44. The first-order chi connectivity index (χ1) is 13.2. The van der Waals surface area contributed by atoms with Gasteiger partial charge < -0.3 is 20.1 Å². The zero-order chi connectivity index (χ0) is 19.1. The van der Waals surface area contributed by atoms with Crippen molar-refractivity contribution in [2.45, 2.75) is 25.5 Å². The molecule has 1 saturated heterocycles. The lowest BCUT2D eigenvalue weighted by atomic mass is 10.1. The molecule has 1 aliphatic heterocycles. The molecule has 0 aliphatic carbocycles. The molecule has 2 aromatic rings. The van der Waals surface area contributed by atoms with E-state index in [2.05, 4.69) is 10.6 Å². The zero-order valence-electron chi connectivity index (χ0n) is 15.4. The highest BCUT2D eigenvalue weighted by Crippen LogP contribution is 2.20. The van der Waals surface area contributed by atoms with Gasteiger partial charge in [-0.2, -0.15) is 0 Å². The molecule has 27 heavy (non-hydrogen) atoms. The minimum atomic E-state index is -0.201. The largest absolute Gasteiger partial charge is 0.490 e. The molecule has 0 radical (unpaired) electrons. The third kappa shape index (κ3) is 5.08. The van der Waals surface area contributed by atoms with Gasteiger partial charge in [0, 0.05) is 25.8 Å². The standard InChI is InChI=1S/C21H24N2O4/c1-22-20(24)16-10-8-15(9-11-16)13-23-21(25)18-6-2-3-7-19(18)27-14-17-5-4-12-26-17/h2-3,6-11,17H,4-5,12-14H2,1H3,(H,22,24)(H,23,25). The maximum atomic E-state index is 12.6. The van der Waals surface area contributed by atoms with Gasteiger partial charge in [0.2, 0.25) is 0 Å². The molecule has 1 fully saturated rings. The highest BCUT2D eigenvalue weighted by molar-refractivity contribution is 5.97. The van der Waals surface area contributed by atoms with E-state index in [1.165, 1.54) is 0 Å². The molecule has 0 saturated carbocycles. The van der Waals surface area contributed by atoms with Crippen molar-refractivity contribution in [2.24, 2.45) is 0 Å². The van der Waals surface area contributed by atoms with Crippen LogP contribution in [0.5, 0.6) is 5.75 Å². The van der Waals surface area contributed by atoms with Gasteiger partial charge >= 0.3 is 0 Å². The molecule has 2 amide bonds. The minimum absolute atomic E-state index is 0.0972. The summed E-state index contributed by atoms with van der Waals surface area (Å²) >= 11 is 0. The predicted octanol–water partition coefficient (Wildman–Crippen LogP) is 2.53. The smallest absolute Gasteiger partial charge is 0.255 e. The average Bonchev–Trinajstić information content (AvgIpc) is 3.24. The summed E-state index contributed by atoms with van der Waals surface area (Å²) in [5.74, 6) is 0.219. The van der Waals surface area contributed by atoms with Crippen LogP contribution >= 0.6 is 0 Å². The Hall–Kier alpha value is -2.86. The predicted molar refractivity (Wildman–Crippen MR) is 102 cm³/mol. The SMILES string of the molecule is CNC(=O)c1ccc(CNC(=O)c2ccccc2OCC2CCCO2)cc1. The van der Waals surface area contributed by atoms with Crippen molar-refractivity contribution in [1.29, 1.82) is 0 Å². The Morgan fingerprint density at radius 1 is 1.11 bits per heavy atom. The molecule has 0 spiro atoms. The quantitative estimate of drug-likeness (QED) is 0.787. The van der Waals surface area contributed by atoms with Crippen LogP contribution < -0.4 is 15.4 Å². The van der Waals surface area contributed by atoms with E-state index >= 15 is 0 Å². The van der Waals surface area contributed by atoms with Gasteiger partial charge in [0.15, 0.2) is 0 Å². The molecular weight excluding hydrogens is 344 g/mol. The second-order valence-electron chi connectivity index (χ2n) is 6.40. The lowest BCUT2D eigenvalue weighted by Crippen LogP contribution is -2.24. The highest BCUT2D eigenvalue weighted by Gasteiger charge is 2.18. The second-order valence-corrected chi connectivity index (χ2v) is 6.40. The van der Waals surface area contributed by atoms with Gasteiger partial charge in [0.05, 0.1) is 11.7 Å². The number of ether oxygens (including phenoxy) is 2. The number of benzene rings is 2. The first-order valence-corrected chi connectivity index (χ1v) is 9.10. The topological polar surface area (TPSA) is 76.7 Å². The fourth-order valence-electron chi connectivity index (χ4n) is 2.93. The Balaban J connectivity index is 1.58. The van der Waals surface area contributed by atoms with Gasteiger partial charge in [0.1, 0.15) is 12.4 Å². The van der Waals surface area contributed by atoms with E-state index in [1.54, 1.807) is 31.3 Å². The number of nitrogens with one attached hydrogen (secondary N) is 2. The normalized spacial score (nSPS) is 16.0. The van der Waals surface area contributed by atoms with Gasteiger partial charge in [-0.05, 0) is 42.7 Å². The number of para-hydroxylation sites is 1. The average molecular weight is 368 g/mol. The monoisotopic (exact) mass is 368 g/mol. The molecule has 1 heterocycles. The molecule has 0 bridgehead atoms. The zero-order valence-corrected chi connectivity index (χ0v) is 15.4. The maximum absolute atomic E-state index is 12.6. The third-order valence-electron chi connectivity index (χ3n) is 4.48. The lowest BCUT2D eigenvalue weighted by Gasteiger charge is -2.14. The summed E-state index contributed by atoms with van der Waals surface area (Å²) in [4.78, 5) is 24.1. The maximum Gasteiger partial charge on any atom is 0.255 e. The molecule has 1 aliphatic rings. The van der Waals surface area contributed by atoms with Crippen molar-refractivity contribution in [2.75, 3.05) is 20.3 Å². The number of hydrogen-bond acceptors (Lipinski definition) is 4. The molecule has 0 aromatic heterocycles. The van der Waals surface area contributed by atoms with Crippen LogP contribution in [-0.2, 0) is 11.3 Å². The van der Waals surface area contributed by atoms with Gasteiger partial charge in [-0.3, -0.25) is 9.59 Å². The molecule has 3 rings (SSSR count). The van der Waals surface area contributed by atoms with Gasteiger partial charge in [-0.1, -0.05) is 24.3 Å². The van der Waals surface area contributed by atoms with E-state index in [4.69, 9.17) is 9.47 Å². The van der Waals surface area contributed by atoms with E-state index in [0.29, 0.717) is 30.0 Å². The molecule has 1 atom stereocenters. The van der Waals surface area contributed by atoms with Crippen LogP contribution in [0.4, 0.5) is 0 Å². The summed E-state index contributed by atoms with van der Waals surface area (Å²) in [7, 11) is 1.59. The van der Waals surface area contributed by atoms with Crippen molar-refractivity contribution < 1.29 is 19.1 Å².